The van der Waals surface area contributed by atoms with E-state index in [-0.39, 0.29) is 30.1 Å². The van der Waals surface area contributed by atoms with Gasteiger partial charge in [0.25, 0.3) is 0 Å². The molecule has 138 valence electrons. The van der Waals surface area contributed by atoms with Gasteiger partial charge in [-0.2, -0.15) is 0 Å². The summed E-state index contributed by atoms with van der Waals surface area (Å²) in [6.45, 7) is 5.74. The quantitative estimate of drug-likeness (QED) is 0.786. The van der Waals surface area contributed by atoms with Crippen LogP contribution in [-0.2, 0) is 9.84 Å². The van der Waals surface area contributed by atoms with Crippen molar-refractivity contribution in [1.82, 2.24) is 20.2 Å². The number of imidazole rings is 1. The molecule has 1 heterocycles. The molecule has 0 radical (unpaired) electrons. The van der Waals surface area contributed by atoms with E-state index >= 15 is 0 Å². The zero-order valence-corrected chi connectivity index (χ0v) is 16.0. The first-order valence-electron chi connectivity index (χ1n) is 8.44. The van der Waals surface area contributed by atoms with Gasteiger partial charge in [-0.05, 0) is 31.0 Å². The number of benzene rings is 1. The van der Waals surface area contributed by atoms with Gasteiger partial charge in [-0.25, -0.2) is 18.2 Å². The summed E-state index contributed by atoms with van der Waals surface area (Å²) in [4.78, 5) is 21.5. The van der Waals surface area contributed by atoms with E-state index in [0.29, 0.717) is 12.2 Å². The lowest BCUT2D eigenvalue weighted by Gasteiger charge is -2.21. The number of amides is 2. The van der Waals surface area contributed by atoms with Crippen molar-refractivity contribution >= 4 is 26.9 Å². The summed E-state index contributed by atoms with van der Waals surface area (Å²) < 4.78 is 23.2. The largest absolute Gasteiger partial charge is 0.340 e. The van der Waals surface area contributed by atoms with Crippen molar-refractivity contribution in [2.24, 2.45) is 0 Å². The van der Waals surface area contributed by atoms with Gasteiger partial charge in [-0.15, -0.1) is 0 Å². The molecule has 0 aliphatic rings. The molecule has 2 rings (SSSR count). The Morgan fingerprint density at radius 2 is 2.08 bits per heavy atom. The van der Waals surface area contributed by atoms with Crippen LogP contribution in [0.25, 0.3) is 11.0 Å². The molecule has 2 amide bonds. The number of nitrogens with one attached hydrogen (secondary N) is 2. The smallest absolute Gasteiger partial charge is 0.317 e. The van der Waals surface area contributed by atoms with Crippen LogP contribution in [0.1, 0.15) is 37.7 Å². The van der Waals surface area contributed by atoms with Gasteiger partial charge in [-0.3, -0.25) is 0 Å². The third kappa shape index (κ3) is 4.94. The van der Waals surface area contributed by atoms with Crippen LogP contribution >= 0.6 is 0 Å². The van der Waals surface area contributed by atoms with Crippen molar-refractivity contribution in [3.05, 3.63) is 29.6 Å². The highest BCUT2D eigenvalue weighted by molar-refractivity contribution is 7.91. The molecule has 1 aromatic heterocycles. The number of rotatable bonds is 7. The summed E-state index contributed by atoms with van der Waals surface area (Å²) in [6.07, 6.45) is 0.672. The number of hydrogen-bond acceptors (Lipinski definition) is 4. The Labute approximate surface area is 148 Å². The topological polar surface area (TPSA) is 95.2 Å². The maximum Gasteiger partial charge on any atom is 0.317 e. The van der Waals surface area contributed by atoms with E-state index in [1.54, 1.807) is 14.0 Å². The first-order chi connectivity index (χ1) is 11.8. The second-order valence-corrected chi connectivity index (χ2v) is 8.68. The molecule has 25 heavy (non-hydrogen) atoms. The first-order valence-corrected chi connectivity index (χ1v) is 10.3. The van der Waals surface area contributed by atoms with Crippen molar-refractivity contribution in [3.63, 3.8) is 0 Å². The molecule has 0 bridgehead atoms. The predicted octanol–water partition coefficient (Wildman–Crippen LogP) is 2.40. The predicted molar refractivity (Wildman–Crippen MR) is 99.4 cm³/mol. The number of aromatic amines is 1. The van der Waals surface area contributed by atoms with Gasteiger partial charge in [0.1, 0.15) is 5.82 Å². The third-order valence-electron chi connectivity index (χ3n) is 4.22. The molecule has 0 aliphatic heterocycles. The Balaban J connectivity index is 2.05. The van der Waals surface area contributed by atoms with E-state index in [1.165, 1.54) is 4.90 Å². The molecule has 1 aromatic carbocycles. The van der Waals surface area contributed by atoms with Gasteiger partial charge in [0.05, 0.1) is 22.8 Å². The molecule has 0 saturated carbocycles. The van der Waals surface area contributed by atoms with Crippen LogP contribution in [0.5, 0.6) is 0 Å². The number of carbonyl (C=O) groups is 1. The summed E-state index contributed by atoms with van der Waals surface area (Å²) in [7, 11) is -1.50. The summed E-state index contributed by atoms with van der Waals surface area (Å²) >= 11 is 0. The molecule has 0 spiro atoms. The number of H-pyrrole nitrogens is 1. The second kappa shape index (κ2) is 7.86. The van der Waals surface area contributed by atoms with Gasteiger partial charge in [-0.1, -0.05) is 19.9 Å². The zero-order valence-electron chi connectivity index (χ0n) is 15.2. The molecule has 7 nitrogen and oxygen atoms in total. The fourth-order valence-corrected chi connectivity index (χ4v) is 3.29. The van der Waals surface area contributed by atoms with Crippen LogP contribution in [0.4, 0.5) is 4.79 Å². The molecule has 1 unspecified atom stereocenters. The van der Waals surface area contributed by atoms with Gasteiger partial charge in [0, 0.05) is 19.3 Å². The Kier molecular flexibility index (Phi) is 6.05. The summed E-state index contributed by atoms with van der Waals surface area (Å²) in [5, 5.41) is 2.91. The Morgan fingerprint density at radius 1 is 1.36 bits per heavy atom. The maximum absolute atomic E-state index is 12.3. The number of aromatic nitrogens is 2. The zero-order chi connectivity index (χ0) is 18.6. The summed E-state index contributed by atoms with van der Waals surface area (Å²) in [5.41, 5.74) is 2.93. The number of carbonyl (C=O) groups excluding carboxylic acids is 1. The van der Waals surface area contributed by atoms with E-state index < -0.39 is 9.84 Å². The molecule has 0 saturated heterocycles. The number of aryl methyl sites for hydroxylation is 1. The molecular weight excluding hydrogens is 340 g/mol. The van der Waals surface area contributed by atoms with Crippen LogP contribution in [0.15, 0.2) is 18.2 Å². The van der Waals surface area contributed by atoms with Crippen LogP contribution < -0.4 is 5.32 Å². The number of nitrogens with zero attached hydrogens (tertiary/aromatic N) is 2. The minimum atomic E-state index is -3.10. The van der Waals surface area contributed by atoms with Gasteiger partial charge in [0.2, 0.25) is 0 Å². The van der Waals surface area contributed by atoms with E-state index in [0.717, 1.165) is 16.6 Å². The van der Waals surface area contributed by atoms with Gasteiger partial charge < -0.3 is 15.2 Å². The Hall–Kier alpha value is -2.09. The van der Waals surface area contributed by atoms with Crippen molar-refractivity contribution in [2.45, 2.75) is 33.2 Å². The number of fused-ring (bicyclic) bond motifs is 1. The van der Waals surface area contributed by atoms with Crippen molar-refractivity contribution in [2.75, 3.05) is 25.1 Å². The molecule has 2 aromatic rings. The second-order valence-electron chi connectivity index (χ2n) is 6.21. The minimum absolute atomic E-state index is 0.0336. The van der Waals surface area contributed by atoms with Crippen molar-refractivity contribution in [3.8, 4) is 0 Å². The fourth-order valence-electron chi connectivity index (χ4n) is 2.45. The maximum atomic E-state index is 12.3. The summed E-state index contributed by atoms with van der Waals surface area (Å²) in [5.74, 6) is 0.748. The normalized spacial score (nSPS) is 13.0. The monoisotopic (exact) mass is 366 g/mol. The highest BCUT2D eigenvalue weighted by Gasteiger charge is 2.20. The third-order valence-corrected chi connectivity index (χ3v) is 5.90. The van der Waals surface area contributed by atoms with Crippen LogP contribution in [0, 0.1) is 6.92 Å². The highest BCUT2D eigenvalue weighted by atomic mass is 32.2. The number of hydrogen-bond donors (Lipinski definition) is 2. The lowest BCUT2D eigenvalue weighted by atomic mass is 10.2. The van der Waals surface area contributed by atoms with Crippen molar-refractivity contribution < 1.29 is 13.2 Å². The van der Waals surface area contributed by atoms with Crippen LogP contribution in [-0.4, -0.2) is 54.4 Å². The molecule has 0 aliphatic carbocycles. The van der Waals surface area contributed by atoms with E-state index in [9.17, 15) is 13.2 Å². The standard InChI is InChI=1S/C17H26N4O3S/c1-5-13(16-18-14-8-7-12(3)11-15(14)19-16)20-17(22)21(4)9-10-25(23,24)6-2/h7-8,11,13H,5-6,9-10H2,1-4H3,(H,18,19)(H,20,22). The van der Waals surface area contributed by atoms with E-state index in [2.05, 4.69) is 15.3 Å². The van der Waals surface area contributed by atoms with E-state index in [4.69, 9.17) is 0 Å². The lowest BCUT2D eigenvalue weighted by molar-refractivity contribution is 0.206. The van der Waals surface area contributed by atoms with Gasteiger partial charge >= 0.3 is 6.03 Å². The molecule has 8 heteroatoms. The first kappa shape index (κ1) is 19.2. The lowest BCUT2D eigenvalue weighted by Crippen LogP contribution is -2.41. The molecule has 0 fully saturated rings. The van der Waals surface area contributed by atoms with Crippen LogP contribution in [0.3, 0.4) is 0 Å². The Bertz CT molecular complexity index is 845. The SMILES string of the molecule is CCC(NC(=O)N(C)CCS(=O)(=O)CC)c1nc2ccc(C)cc2[nH]1. The van der Waals surface area contributed by atoms with Gasteiger partial charge in [0.15, 0.2) is 9.84 Å². The highest BCUT2D eigenvalue weighted by Crippen LogP contribution is 2.19. The van der Waals surface area contributed by atoms with E-state index in [1.807, 2.05) is 32.0 Å². The number of sulfone groups is 1. The average molecular weight is 366 g/mol. The Morgan fingerprint density at radius 3 is 2.72 bits per heavy atom. The molecule has 1 atom stereocenters. The minimum Gasteiger partial charge on any atom is -0.340 e. The fraction of sp³-hybridized carbons (Fsp3) is 0.529. The van der Waals surface area contributed by atoms with Crippen LogP contribution in [0.2, 0.25) is 0 Å². The van der Waals surface area contributed by atoms with Crippen molar-refractivity contribution in [1.29, 1.82) is 0 Å². The number of urea groups is 1. The summed E-state index contributed by atoms with van der Waals surface area (Å²) in [6, 6.07) is 5.39. The molecule has 2 N–H and O–H groups in total. The average Bonchev–Trinajstić information content (AvgIpc) is 3.00. The molecular formula is C17H26N4O3S.